The van der Waals surface area contributed by atoms with E-state index in [1.165, 1.54) is 0 Å². The zero-order chi connectivity index (χ0) is 22.5. The van der Waals surface area contributed by atoms with Crippen molar-refractivity contribution in [2.24, 2.45) is 17.6 Å². The van der Waals surface area contributed by atoms with Crippen LogP contribution in [0.4, 0.5) is 5.69 Å². The van der Waals surface area contributed by atoms with Crippen LogP contribution < -0.4 is 16.4 Å². The lowest BCUT2D eigenvalue weighted by Crippen LogP contribution is -2.36. The van der Waals surface area contributed by atoms with Crippen LogP contribution in [-0.4, -0.2) is 28.3 Å². The molecule has 2 amide bonds. The molecule has 1 saturated carbocycles. The minimum atomic E-state index is -0.325. The highest BCUT2D eigenvalue weighted by Gasteiger charge is 2.28. The fraction of sp³-hybridized carbons (Fsp3) is 0.458. The molecule has 1 fully saturated rings. The molecule has 1 aromatic heterocycles. The number of allylic oxidation sites excluding steroid dienone is 1. The van der Waals surface area contributed by atoms with E-state index in [-0.39, 0.29) is 23.8 Å². The molecule has 2 aliphatic rings. The number of hydrogen-bond donors (Lipinski definition) is 4. The standard InChI is InChI=1S/C24H30ClN5O2/c25-22-21-17-6-4-5-7-18(17)27-20(31)9-3-1-2-8-19(23(29-21)30-22)28-24(32)16-12-10-15(14-26)11-13-16/h1-2,4-7,15-16,19H,3,8-14,26H2,(H,27,31)(H,28,32)(H,29,30)/b2-1+/t15?,16?,19-/m0/s1. The highest BCUT2D eigenvalue weighted by molar-refractivity contribution is 6.32. The lowest BCUT2D eigenvalue weighted by atomic mass is 9.81. The highest BCUT2D eigenvalue weighted by Crippen LogP contribution is 2.34. The van der Waals surface area contributed by atoms with Gasteiger partial charge in [0.1, 0.15) is 16.7 Å². The van der Waals surface area contributed by atoms with Gasteiger partial charge in [-0.2, -0.15) is 0 Å². The fourth-order valence-corrected chi connectivity index (χ4v) is 4.72. The molecule has 5 N–H and O–H groups in total. The SMILES string of the molecule is NCC1CCC(C(=O)N[C@H]2C/C=C/CCC(=O)Nc3ccccc3-c3nc2[nH]c3Cl)CC1. The summed E-state index contributed by atoms with van der Waals surface area (Å²) in [6.45, 7) is 0.689. The topological polar surface area (TPSA) is 113 Å². The van der Waals surface area contributed by atoms with Crippen LogP contribution in [0.1, 0.15) is 56.8 Å². The first kappa shape index (κ1) is 22.6. The van der Waals surface area contributed by atoms with Crippen molar-refractivity contribution in [3.8, 4) is 11.3 Å². The molecule has 2 heterocycles. The number of fused-ring (bicyclic) bond motifs is 4. The molecule has 0 unspecified atom stereocenters. The molecule has 170 valence electrons. The van der Waals surface area contributed by atoms with E-state index in [4.69, 9.17) is 22.3 Å². The zero-order valence-corrected chi connectivity index (χ0v) is 18.8. The maximum absolute atomic E-state index is 13.0. The van der Waals surface area contributed by atoms with Crippen LogP contribution in [0.25, 0.3) is 11.3 Å². The number of imidazole rings is 1. The summed E-state index contributed by atoms with van der Waals surface area (Å²) in [4.78, 5) is 33.3. The third kappa shape index (κ3) is 5.22. The first-order valence-corrected chi connectivity index (χ1v) is 11.7. The second-order valence-electron chi connectivity index (χ2n) is 8.64. The average molecular weight is 456 g/mol. The average Bonchev–Trinajstić information content (AvgIpc) is 3.19. The molecule has 1 aliphatic carbocycles. The van der Waals surface area contributed by atoms with Gasteiger partial charge in [-0.25, -0.2) is 4.98 Å². The van der Waals surface area contributed by atoms with Gasteiger partial charge in [-0.1, -0.05) is 42.0 Å². The van der Waals surface area contributed by atoms with Crippen molar-refractivity contribution in [1.29, 1.82) is 0 Å². The van der Waals surface area contributed by atoms with Gasteiger partial charge >= 0.3 is 0 Å². The van der Waals surface area contributed by atoms with Crippen molar-refractivity contribution in [3.63, 3.8) is 0 Å². The molecule has 2 aromatic rings. The van der Waals surface area contributed by atoms with Gasteiger partial charge in [0.25, 0.3) is 0 Å². The van der Waals surface area contributed by atoms with Gasteiger partial charge in [-0.05, 0) is 57.1 Å². The van der Waals surface area contributed by atoms with Crippen LogP contribution in [0.2, 0.25) is 5.15 Å². The van der Waals surface area contributed by atoms with Gasteiger partial charge < -0.3 is 21.4 Å². The summed E-state index contributed by atoms with van der Waals surface area (Å²) in [6, 6.07) is 7.13. The normalized spacial score (nSPS) is 24.8. The summed E-state index contributed by atoms with van der Waals surface area (Å²) in [5.74, 6) is 1.12. The second kappa shape index (κ2) is 10.3. The van der Waals surface area contributed by atoms with Crippen LogP contribution in [0, 0.1) is 11.8 Å². The number of hydrogen-bond acceptors (Lipinski definition) is 4. The van der Waals surface area contributed by atoms with Crippen LogP contribution in [-0.2, 0) is 9.59 Å². The number of H-pyrrole nitrogens is 1. The van der Waals surface area contributed by atoms with Gasteiger partial charge in [0, 0.05) is 17.9 Å². The number of nitrogens with two attached hydrogens (primary N) is 1. The quantitative estimate of drug-likeness (QED) is 0.516. The number of para-hydroxylation sites is 1. The van der Waals surface area contributed by atoms with Gasteiger partial charge in [-0.15, -0.1) is 0 Å². The minimum absolute atomic E-state index is 0.00110. The molecule has 8 heteroatoms. The van der Waals surface area contributed by atoms with E-state index in [1.54, 1.807) is 0 Å². The van der Waals surface area contributed by atoms with Gasteiger partial charge in [-0.3, -0.25) is 9.59 Å². The van der Waals surface area contributed by atoms with E-state index in [1.807, 2.05) is 36.4 Å². The van der Waals surface area contributed by atoms with E-state index in [2.05, 4.69) is 15.6 Å². The number of aromatic amines is 1. The number of amides is 2. The largest absolute Gasteiger partial charge is 0.346 e. The third-order valence-corrected chi connectivity index (χ3v) is 6.68. The number of nitrogens with zero attached hydrogens (tertiary/aromatic N) is 1. The highest BCUT2D eigenvalue weighted by atomic mass is 35.5. The zero-order valence-electron chi connectivity index (χ0n) is 18.1. The Kier molecular flexibility index (Phi) is 7.27. The molecule has 0 spiro atoms. The number of carbonyl (C=O) groups is 2. The fourth-order valence-electron chi connectivity index (χ4n) is 4.48. The summed E-state index contributed by atoms with van der Waals surface area (Å²) in [5, 5.41) is 6.52. The molecule has 0 saturated heterocycles. The van der Waals surface area contributed by atoms with Crippen molar-refractivity contribution in [3.05, 3.63) is 47.4 Å². The Hall–Kier alpha value is -2.64. The van der Waals surface area contributed by atoms with Crippen molar-refractivity contribution in [2.45, 2.75) is 51.0 Å². The van der Waals surface area contributed by atoms with Crippen molar-refractivity contribution in [2.75, 3.05) is 11.9 Å². The first-order chi connectivity index (χ1) is 15.5. The number of anilines is 1. The Bertz CT molecular complexity index is 994. The lowest BCUT2D eigenvalue weighted by Gasteiger charge is -2.28. The molecule has 32 heavy (non-hydrogen) atoms. The van der Waals surface area contributed by atoms with Gasteiger partial charge in [0.2, 0.25) is 11.8 Å². The number of carbonyl (C=O) groups excluding carboxylic acids is 2. The molecular formula is C24H30ClN5O2. The number of rotatable bonds is 3. The molecule has 1 aliphatic heterocycles. The predicted molar refractivity (Wildman–Crippen MR) is 126 cm³/mol. The van der Waals surface area contributed by atoms with Crippen LogP contribution >= 0.6 is 11.6 Å². The minimum Gasteiger partial charge on any atom is -0.346 e. The van der Waals surface area contributed by atoms with Gasteiger partial charge in [0.05, 0.1) is 11.7 Å². The van der Waals surface area contributed by atoms with E-state index >= 15 is 0 Å². The Morgan fingerprint density at radius 2 is 1.97 bits per heavy atom. The monoisotopic (exact) mass is 455 g/mol. The number of nitrogens with one attached hydrogen (secondary N) is 3. The van der Waals surface area contributed by atoms with E-state index in [9.17, 15) is 9.59 Å². The molecule has 2 bridgehead atoms. The Morgan fingerprint density at radius 3 is 2.75 bits per heavy atom. The molecule has 4 rings (SSSR count). The van der Waals surface area contributed by atoms with E-state index in [0.29, 0.717) is 54.1 Å². The first-order valence-electron chi connectivity index (χ1n) is 11.3. The Morgan fingerprint density at radius 1 is 1.19 bits per heavy atom. The van der Waals surface area contributed by atoms with Gasteiger partial charge in [0.15, 0.2) is 0 Å². The summed E-state index contributed by atoms with van der Waals surface area (Å²) in [5.41, 5.74) is 7.76. The smallest absolute Gasteiger partial charge is 0.224 e. The Labute approximate surface area is 193 Å². The predicted octanol–water partition coefficient (Wildman–Crippen LogP) is 4.33. The van der Waals surface area contributed by atoms with E-state index < -0.39 is 0 Å². The summed E-state index contributed by atoms with van der Waals surface area (Å²) < 4.78 is 0. The maximum atomic E-state index is 13.0. The lowest BCUT2D eigenvalue weighted by molar-refractivity contribution is -0.127. The van der Waals surface area contributed by atoms with Crippen LogP contribution in [0.3, 0.4) is 0 Å². The third-order valence-electron chi connectivity index (χ3n) is 6.41. The molecule has 1 aromatic carbocycles. The van der Waals surface area contributed by atoms with Crippen molar-refractivity contribution < 1.29 is 9.59 Å². The molecule has 0 radical (unpaired) electrons. The van der Waals surface area contributed by atoms with Crippen molar-refractivity contribution in [1.82, 2.24) is 15.3 Å². The molecule has 7 nitrogen and oxygen atoms in total. The van der Waals surface area contributed by atoms with Crippen LogP contribution in [0.5, 0.6) is 0 Å². The van der Waals surface area contributed by atoms with E-state index in [0.717, 1.165) is 31.2 Å². The number of halogens is 1. The molecular weight excluding hydrogens is 426 g/mol. The summed E-state index contributed by atoms with van der Waals surface area (Å²) in [6.07, 6.45) is 9.25. The second-order valence-corrected chi connectivity index (χ2v) is 9.02. The summed E-state index contributed by atoms with van der Waals surface area (Å²) >= 11 is 6.52. The summed E-state index contributed by atoms with van der Waals surface area (Å²) in [7, 11) is 0. The molecule has 1 atom stereocenters. The van der Waals surface area contributed by atoms with Crippen molar-refractivity contribution >= 4 is 29.1 Å². The Balaban J connectivity index is 1.60. The number of aromatic nitrogens is 2. The number of benzene rings is 1. The maximum Gasteiger partial charge on any atom is 0.224 e. The van der Waals surface area contributed by atoms with Crippen LogP contribution in [0.15, 0.2) is 36.4 Å².